The number of hydrogen-bond donors (Lipinski definition) is 1. The van der Waals surface area contributed by atoms with E-state index in [1.165, 1.54) is 35.2 Å². The van der Waals surface area contributed by atoms with Crippen LogP contribution in [-0.4, -0.2) is 21.6 Å². The van der Waals surface area contributed by atoms with E-state index in [4.69, 9.17) is 4.42 Å². The zero-order chi connectivity index (χ0) is 19.7. The number of nitrogens with one attached hydrogen (secondary N) is 1. The van der Waals surface area contributed by atoms with Crippen LogP contribution in [0.25, 0.3) is 21.2 Å². The number of thioether (sulfide) groups is 1. The van der Waals surface area contributed by atoms with Gasteiger partial charge in [0.25, 0.3) is 5.69 Å². The Morgan fingerprint density at radius 1 is 1.32 bits per heavy atom. The van der Waals surface area contributed by atoms with Gasteiger partial charge in [-0.15, -0.1) is 11.3 Å². The van der Waals surface area contributed by atoms with E-state index in [1.807, 2.05) is 37.3 Å². The summed E-state index contributed by atoms with van der Waals surface area (Å²) in [5, 5.41) is 14.8. The van der Waals surface area contributed by atoms with E-state index < -0.39 is 4.92 Å². The Kier molecular flexibility index (Phi) is 5.01. The molecule has 0 aliphatic heterocycles. The molecule has 2 heterocycles. The van der Waals surface area contributed by atoms with E-state index in [0.29, 0.717) is 15.6 Å². The number of benzene rings is 2. The van der Waals surface area contributed by atoms with Gasteiger partial charge in [-0.3, -0.25) is 14.9 Å². The smallest absolute Gasteiger partial charge is 0.270 e. The number of rotatable bonds is 6. The minimum absolute atomic E-state index is 0.0325. The predicted octanol–water partition coefficient (Wildman–Crippen LogP) is 4.92. The van der Waals surface area contributed by atoms with Crippen LogP contribution in [0.1, 0.15) is 18.7 Å². The highest BCUT2D eigenvalue weighted by molar-refractivity contribution is 8.01. The number of nitro benzene ring substituents is 1. The minimum atomic E-state index is -0.432. The average Bonchev–Trinajstić information content (AvgIpc) is 3.29. The number of aromatic nitrogens is 1. The number of carbonyl (C=O) groups is 1. The Hall–Kier alpha value is -2.91. The van der Waals surface area contributed by atoms with Crippen molar-refractivity contribution in [3.8, 4) is 0 Å². The topological polar surface area (TPSA) is 98.3 Å². The fourth-order valence-corrected chi connectivity index (χ4v) is 4.68. The van der Waals surface area contributed by atoms with Crippen molar-refractivity contribution in [2.45, 2.75) is 17.3 Å². The zero-order valence-electron chi connectivity index (χ0n) is 14.7. The number of carbonyl (C=O) groups excluding carboxylic acids is 1. The van der Waals surface area contributed by atoms with Crippen molar-refractivity contribution in [2.75, 3.05) is 5.75 Å². The lowest BCUT2D eigenvalue weighted by Gasteiger charge is -2.10. The van der Waals surface area contributed by atoms with Crippen LogP contribution in [0.5, 0.6) is 0 Å². The van der Waals surface area contributed by atoms with E-state index in [2.05, 4.69) is 10.3 Å². The molecule has 142 valence electrons. The van der Waals surface area contributed by atoms with Crippen LogP contribution in [-0.2, 0) is 4.79 Å². The molecule has 0 bridgehead atoms. The molecule has 4 rings (SSSR count). The molecule has 4 aromatic rings. The number of nitrogens with zero attached hydrogens (tertiary/aromatic N) is 2. The van der Waals surface area contributed by atoms with Crippen LogP contribution in [0.4, 0.5) is 5.69 Å². The molecule has 0 saturated carbocycles. The van der Waals surface area contributed by atoms with E-state index in [-0.39, 0.29) is 23.4 Å². The van der Waals surface area contributed by atoms with Gasteiger partial charge in [-0.05, 0) is 25.1 Å². The van der Waals surface area contributed by atoms with Crippen LogP contribution in [0.3, 0.4) is 0 Å². The number of nitro groups is 1. The van der Waals surface area contributed by atoms with Gasteiger partial charge >= 0.3 is 0 Å². The number of thiazole rings is 1. The third-order valence-corrected chi connectivity index (χ3v) is 6.30. The molecular formula is C19H15N3O4S2. The summed E-state index contributed by atoms with van der Waals surface area (Å²) in [7, 11) is 0. The van der Waals surface area contributed by atoms with Gasteiger partial charge < -0.3 is 9.73 Å². The Labute approximate surface area is 167 Å². The number of non-ortho nitro benzene ring substituents is 1. The van der Waals surface area contributed by atoms with Crippen molar-refractivity contribution in [1.29, 1.82) is 0 Å². The van der Waals surface area contributed by atoms with Crippen molar-refractivity contribution in [2.24, 2.45) is 0 Å². The number of fused-ring (bicyclic) bond motifs is 2. The molecule has 28 heavy (non-hydrogen) atoms. The highest BCUT2D eigenvalue weighted by Gasteiger charge is 2.16. The van der Waals surface area contributed by atoms with Gasteiger partial charge in [-0.2, -0.15) is 0 Å². The van der Waals surface area contributed by atoms with Gasteiger partial charge in [0, 0.05) is 17.5 Å². The molecule has 0 fully saturated rings. The van der Waals surface area contributed by atoms with Crippen molar-refractivity contribution in [3.05, 3.63) is 64.4 Å². The number of amides is 1. The van der Waals surface area contributed by atoms with Crippen LogP contribution < -0.4 is 5.32 Å². The fourth-order valence-electron chi connectivity index (χ4n) is 2.76. The number of furan rings is 1. The predicted molar refractivity (Wildman–Crippen MR) is 110 cm³/mol. The van der Waals surface area contributed by atoms with Crippen LogP contribution in [0, 0.1) is 10.1 Å². The van der Waals surface area contributed by atoms with Crippen molar-refractivity contribution >= 4 is 55.9 Å². The van der Waals surface area contributed by atoms with Gasteiger partial charge in [0.2, 0.25) is 5.91 Å². The standard InChI is InChI=1S/C19H15N3O4S2/c1-11(16-8-12-4-2-3-5-15(12)26-16)20-18(23)10-27-19-21-14-7-6-13(22(24)25)9-17(14)28-19/h2-9,11H,10H2,1H3,(H,20,23)/t11-/m1/s1. The third-order valence-electron chi connectivity index (χ3n) is 4.14. The van der Waals surface area contributed by atoms with E-state index in [0.717, 1.165) is 15.7 Å². The quantitative estimate of drug-likeness (QED) is 0.274. The minimum Gasteiger partial charge on any atom is -0.459 e. The summed E-state index contributed by atoms with van der Waals surface area (Å²) in [5.74, 6) is 0.766. The largest absolute Gasteiger partial charge is 0.459 e. The first kappa shape index (κ1) is 18.5. The van der Waals surface area contributed by atoms with Gasteiger partial charge in [-0.25, -0.2) is 4.98 Å². The third kappa shape index (κ3) is 3.85. The molecule has 7 nitrogen and oxygen atoms in total. The highest BCUT2D eigenvalue weighted by Crippen LogP contribution is 2.32. The summed E-state index contributed by atoms with van der Waals surface area (Å²) in [6.45, 7) is 1.87. The molecule has 2 aromatic heterocycles. The first-order valence-corrected chi connectivity index (χ1v) is 10.3. The summed E-state index contributed by atoms with van der Waals surface area (Å²) < 4.78 is 7.20. The lowest BCUT2D eigenvalue weighted by Crippen LogP contribution is -2.27. The van der Waals surface area contributed by atoms with E-state index in [9.17, 15) is 14.9 Å². The van der Waals surface area contributed by atoms with Crippen LogP contribution >= 0.6 is 23.1 Å². The van der Waals surface area contributed by atoms with Crippen molar-refractivity contribution < 1.29 is 14.1 Å². The zero-order valence-corrected chi connectivity index (χ0v) is 16.4. The lowest BCUT2D eigenvalue weighted by atomic mass is 10.2. The van der Waals surface area contributed by atoms with Gasteiger partial charge in [0.05, 0.1) is 26.9 Å². The van der Waals surface area contributed by atoms with Crippen LogP contribution in [0.2, 0.25) is 0 Å². The summed E-state index contributed by atoms with van der Waals surface area (Å²) >= 11 is 2.64. The monoisotopic (exact) mass is 413 g/mol. The summed E-state index contributed by atoms with van der Waals surface area (Å²) in [6, 6.07) is 13.9. The average molecular weight is 413 g/mol. The first-order valence-electron chi connectivity index (χ1n) is 8.45. The van der Waals surface area contributed by atoms with Gasteiger partial charge in [0.15, 0.2) is 4.34 Å². The van der Waals surface area contributed by atoms with E-state index in [1.54, 1.807) is 6.07 Å². The molecule has 0 radical (unpaired) electrons. The summed E-state index contributed by atoms with van der Waals surface area (Å²) in [5.41, 5.74) is 1.51. The Bertz CT molecular complexity index is 1150. The highest BCUT2D eigenvalue weighted by atomic mass is 32.2. The number of para-hydroxylation sites is 1. The molecule has 2 aromatic carbocycles. The molecule has 9 heteroatoms. The maximum absolute atomic E-state index is 12.3. The second kappa shape index (κ2) is 7.61. The number of hydrogen-bond acceptors (Lipinski definition) is 7. The first-order chi connectivity index (χ1) is 13.5. The maximum atomic E-state index is 12.3. The van der Waals surface area contributed by atoms with Crippen molar-refractivity contribution in [3.63, 3.8) is 0 Å². The fraction of sp³-hybridized carbons (Fsp3) is 0.158. The second-order valence-electron chi connectivity index (χ2n) is 6.15. The van der Waals surface area contributed by atoms with Crippen LogP contribution in [0.15, 0.2) is 57.3 Å². The SMILES string of the molecule is C[C@@H](NC(=O)CSc1nc2ccc([N+](=O)[O-])cc2s1)c1cc2ccccc2o1. The maximum Gasteiger partial charge on any atom is 0.270 e. The normalized spacial score (nSPS) is 12.3. The van der Waals surface area contributed by atoms with Gasteiger partial charge in [-0.1, -0.05) is 30.0 Å². The molecule has 1 N–H and O–H groups in total. The summed E-state index contributed by atoms with van der Waals surface area (Å²) in [6.07, 6.45) is 0. The Balaban J connectivity index is 1.38. The molecule has 0 saturated heterocycles. The molecule has 1 atom stereocenters. The Morgan fingerprint density at radius 3 is 2.93 bits per heavy atom. The van der Waals surface area contributed by atoms with Crippen molar-refractivity contribution in [1.82, 2.24) is 10.3 Å². The van der Waals surface area contributed by atoms with Gasteiger partial charge in [0.1, 0.15) is 11.3 Å². The molecule has 0 unspecified atom stereocenters. The molecule has 0 aliphatic carbocycles. The molecule has 0 aliphatic rings. The lowest BCUT2D eigenvalue weighted by molar-refractivity contribution is -0.384. The molecule has 0 spiro atoms. The second-order valence-corrected chi connectivity index (χ2v) is 8.41. The summed E-state index contributed by atoms with van der Waals surface area (Å²) in [4.78, 5) is 27.1. The Morgan fingerprint density at radius 2 is 2.14 bits per heavy atom. The van der Waals surface area contributed by atoms with E-state index >= 15 is 0 Å². The molecular weight excluding hydrogens is 398 g/mol. The molecule has 1 amide bonds.